The van der Waals surface area contributed by atoms with Crippen molar-refractivity contribution < 1.29 is 9.59 Å². The van der Waals surface area contributed by atoms with E-state index in [-0.39, 0.29) is 17.9 Å². The van der Waals surface area contributed by atoms with Crippen LogP contribution in [-0.2, 0) is 9.59 Å². The first-order valence-corrected chi connectivity index (χ1v) is 7.66. The molecular formula is C15H22N4O2. The Kier molecular flexibility index (Phi) is 3.69. The van der Waals surface area contributed by atoms with Crippen LogP contribution in [0.3, 0.4) is 0 Å². The number of carbonyl (C=O) groups is 2. The van der Waals surface area contributed by atoms with Crippen LogP contribution in [0.25, 0.3) is 0 Å². The van der Waals surface area contributed by atoms with E-state index in [0.717, 1.165) is 25.8 Å². The van der Waals surface area contributed by atoms with E-state index < -0.39 is 5.41 Å². The monoisotopic (exact) mass is 290 g/mol. The van der Waals surface area contributed by atoms with E-state index in [0.29, 0.717) is 19.4 Å². The van der Waals surface area contributed by atoms with Gasteiger partial charge in [0.25, 0.3) is 0 Å². The third-order valence-electron chi connectivity index (χ3n) is 4.91. The molecule has 6 heteroatoms. The number of hydrogen-bond acceptors (Lipinski definition) is 3. The number of amides is 2. The van der Waals surface area contributed by atoms with Gasteiger partial charge >= 0.3 is 0 Å². The number of nitrogens with zero attached hydrogens (tertiary/aromatic N) is 3. The van der Waals surface area contributed by atoms with Gasteiger partial charge in [-0.2, -0.15) is 0 Å². The molecule has 0 bridgehead atoms. The Morgan fingerprint density at radius 2 is 2.14 bits per heavy atom. The Morgan fingerprint density at radius 3 is 2.71 bits per heavy atom. The molecule has 0 spiro atoms. The number of hydrogen-bond donors (Lipinski definition) is 1. The van der Waals surface area contributed by atoms with E-state index in [1.807, 2.05) is 11.1 Å². The summed E-state index contributed by atoms with van der Waals surface area (Å²) in [7, 11) is 1.61. The molecule has 1 unspecified atom stereocenters. The summed E-state index contributed by atoms with van der Waals surface area (Å²) < 4.78 is 2.06. The van der Waals surface area contributed by atoms with Gasteiger partial charge in [-0.3, -0.25) is 9.59 Å². The van der Waals surface area contributed by atoms with Crippen LogP contribution in [0, 0.1) is 5.41 Å². The molecule has 1 atom stereocenters. The molecule has 1 aliphatic carbocycles. The third kappa shape index (κ3) is 2.32. The molecule has 1 aliphatic heterocycles. The van der Waals surface area contributed by atoms with Crippen molar-refractivity contribution >= 4 is 11.8 Å². The first-order chi connectivity index (χ1) is 10.2. The number of imidazole rings is 1. The highest BCUT2D eigenvalue weighted by Crippen LogP contribution is 2.43. The zero-order valence-electron chi connectivity index (χ0n) is 12.4. The minimum absolute atomic E-state index is 0.0120. The van der Waals surface area contributed by atoms with E-state index in [1.54, 1.807) is 19.6 Å². The molecule has 1 N–H and O–H groups in total. The highest BCUT2D eigenvalue weighted by atomic mass is 16.2. The molecule has 0 radical (unpaired) electrons. The van der Waals surface area contributed by atoms with Crippen LogP contribution in [0.4, 0.5) is 0 Å². The summed E-state index contributed by atoms with van der Waals surface area (Å²) in [5.74, 6) is -0.110. The SMILES string of the molecule is CNC(=O)C1(C(=O)N2CCCC(n3ccnc3)C2)CCC1. The topological polar surface area (TPSA) is 67.2 Å². The van der Waals surface area contributed by atoms with Crippen LogP contribution in [-0.4, -0.2) is 46.4 Å². The Hall–Kier alpha value is -1.85. The molecule has 1 aromatic rings. The standard InChI is InChI=1S/C15H22N4O2/c1-16-13(20)15(5-3-6-15)14(21)18-8-2-4-12(10-18)19-9-7-17-11-19/h7,9,11-12H,2-6,8,10H2,1H3,(H,16,20). The number of likely N-dealkylation sites (tertiary alicyclic amines) is 1. The van der Waals surface area contributed by atoms with Crippen molar-refractivity contribution in [2.45, 2.75) is 38.1 Å². The van der Waals surface area contributed by atoms with Gasteiger partial charge in [-0.1, -0.05) is 6.42 Å². The van der Waals surface area contributed by atoms with E-state index in [1.165, 1.54) is 0 Å². The minimum Gasteiger partial charge on any atom is -0.358 e. The maximum atomic E-state index is 12.9. The Balaban J connectivity index is 1.74. The van der Waals surface area contributed by atoms with Crippen LogP contribution in [0.15, 0.2) is 18.7 Å². The summed E-state index contributed by atoms with van der Waals surface area (Å²) in [6.45, 7) is 1.43. The highest BCUT2D eigenvalue weighted by molar-refractivity contribution is 6.05. The molecule has 21 heavy (non-hydrogen) atoms. The van der Waals surface area contributed by atoms with Crippen LogP contribution in [0.2, 0.25) is 0 Å². The van der Waals surface area contributed by atoms with E-state index in [4.69, 9.17) is 0 Å². The number of nitrogens with one attached hydrogen (secondary N) is 1. The summed E-state index contributed by atoms with van der Waals surface area (Å²) >= 11 is 0. The summed E-state index contributed by atoms with van der Waals surface area (Å²) in [4.78, 5) is 31.0. The molecular weight excluding hydrogens is 268 g/mol. The van der Waals surface area contributed by atoms with Gasteiger partial charge in [0.1, 0.15) is 5.41 Å². The van der Waals surface area contributed by atoms with Gasteiger partial charge in [0.15, 0.2) is 0 Å². The predicted molar refractivity (Wildman–Crippen MR) is 77.4 cm³/mol. The molecule has 2 amide bonds. The summed E-state index contributed by atoms with van der Waals surface area (Å²) in [6.07, 6.45) is 9.84. The largest absolute Gasteiger partial charge is 0.358 e. The van der Waals surface area contributed by atoms with Gasteiger partial charge in [-0.15, -0.1) is 0 Å². The van der Waals surface area contributed by atoms with Crippen molar-refractivity contribution in [3.63, 3.8) is 0 Å². The van der Waals surface area contributed by atoms with Crippen LogP contribution in [0.5, 0.6) is 0 Å². The van der Waals surface area contributed by atoms with Crippen molar-refractivity contribution in [2.75, 3.05) is 20.1 Å². The first kappa shape index (κ1) is 14.1. The number of aromatic nitrogens is 2. The normalized spacial score (nSPS) is 24.2. The summed E-state index contributed by atoms with van der Waals surface area (Å²) in [5.41, 5.74) is -0.800. The second-order valence-electron chi connectivity index (χ2n) is 6.07. The van der Waals surface area contributed by atoms with Gasteiger partial charge in [-0.05, 0) is 25.7 Å². The lowest BCUT2D eigenvalue weighted by Gasteiger charge is -2.44. The molecule has 2 fully saturated rings. The first-order valence-electron chi connectivity index (χ1n) is 7.66. The smallest absolute Gasteiger partial charge is 0.238 e. The highest BCUT2D eigenvalue weighted by Gasteiger charge is 2.52. The fraction of sp³-hybridized carbons (Fsp3) is 0.667. The Morgan fingerprint density at radius 1 is 1.33 bits per heavy atom. The van der Waals surface area contributed by atoms with Crippen LogP contribution < -0.4 is 5.32 Å². The van der Waals surface area contributed by atoms with Gasteiger partial charge in [0, 0.05) is 32.5 Å². The predicted octanol–water partition coefficient (Wildman–Crippen LogP) is 0.963. The van der Waals surface area contributed by atoms with Crippen molar-refractivity contribution in [1.82, 2.24) is 19.8 Å². The fourth-order valence-electron chi connectivity index (χ4n) is 3.48. The maximum Gasteiger partial charge on any atom is 0.238 e. The van der Waals surface area contributed by atoms with Crippen molar-refractivity contribution in [2.24, 2.45) is 5.41 Å². The molecule has 3 rings (SSSR count). The molecule has 1 saturated carbocycles. The second-order valence-corrected chi connectivity index (χ2v) is 6.07. The molecule has 114 valence electrons. The summed E-state index contributed by atoms with van der Waals surface area (Å²) in [5, 5.41) is 2.66. The molecule has 2 heterocycles. The second kappa shape index (κ2) is 5.50. The zero-order chi connectivity index (χ0) is 14.9. The molecule has 2 aliphatic rings. The fourth-order valence-corrected chi connectivity index (χ4v) is 3.48. The third-order valence-corrected chi connectivity index (χ3v) is 4.91. The lowest BCUT2D eigenvalue weighted by Crippen LogP contribution is -2.57. The number of piperidine rings is 1. The lowest BCUT2D eigenvalue weighted by molar-refractivity contribution is -0.158. The zero-order valence-corrected chi connectivity index (χ0v) is 12.4. The van der Waals surface area contributed by atoms with Crippen molar-refractivity contribution in [1.29, 1.82) is 0 Å². The van der Waals surface area contributed by atoms with Crippen LogP contribution >= 0.6 is 0 Å². The lowest BCUT2D eigenvalue weighted by atomic mass is 9.66. The molecule has 1 aromatic heterocycles. The molecule has 6 nitrogen and oxygen atoms in total. The average molecular weight is 290 g/mol. The van der Waals surface area contributed by atoms with Crippen molar-refractivity contribution in [3.05, 3.63) is 18.7 Å². The van der Waals surface area contributed by atoms with Gasteiger partial charge in [0.05, 0.1) is 12.4 Å². The van der Waals surface area contributed by atoms with Gasteiger partial charge in [0.2, 0.25) is 11.8 Å². The molecule has 0 aromatic carbocycles. The minimum atomic E-state index is -0.800. The Bertz CT molecular complexity index is 522. The van der Waals surface area contributed by atoms with E-state index in [2.05, 4.69) is 14.9 Å². The molecule has 1 saturated heterocycles. The quantitative estimate of drug-likeness (QED) is 0.843. The number of rotatable bonds is 3. The summed E-state index contributed by atoms with van der Waals surface area (Å²) in [6, 6.07) is 0.270. The average Bonchev–Trinajstić information content (AvgIpc) is 3.00. The van der Waals surface area contributed by atoms with E-state index in [9.17, 15) is 9.59 Å². The van der Waals surface area contributed by atoms with Crippen LogP contribution in [0.1, 0.15) is 38.1 Å². The number of carbonyl (C=O) groups excluding carboxylic acids is 2. The van der Waals surface area contributed by atoms with Gasteiger partial charge in [-0.25, -0.2) is 4.98 Å². The van der Waals surface area contributed by atoms with E-state index >= 15 is 0 Å². The van der Waals surface area contributed by atoms with Crippen molar-refractivity contribution in [3.8, 4) is 0 Å². The maximum absolute atomic E-state index is 12.9. The Labute approximate surface area is 124 Å². The van der Waals surface area contributed by atoms with Gasteiger partial charge < -0.3 is 14.8 Å².